The Morgan fingerprint density at radius 3 is 2.62 bits per heavy atom. The number of hydrogen-bond acceptors (Lipinski definition) is 5. The van der Waals surface area contributed by atoms with Gasteiger partial charge in [0.2, 0.25) is 5.91 Å². The lowest BCUT2D eigenvalue weighted by atomic mass is 10.0. The average molecular weight is 359 g/mol. The van der Waals surface area contributed by atoms with E-state index in [1.807, 2.05) is 11.8 Å². The summed E-state index contributed by atoms with van der Waals surface area (Å²) in [5.41, 5.74) is 0.699. The first kappa shape index (κ1) is 17.1. The van der Waals surface area contributed by atoms with Gasteiger partial charge in [0.05, 0.1) is 17.9 Å². The van der Waals surface area contributed by atoms with E-state index in [0.29, 0.717) is 42.6 Å². The van der Waals surface area contributed by atoms with Crippen LogP contribution in [0.4, 0.5) is 0 Å². The number of nitrogens with zero attached hydrogens (tertiary/aromatic N) is 3. The predicted molar refractivity (Wildman–Crippen MR) is 94.6 cm³/mol. The lowest BCUT2D eigenvalue weighted by Crippen LogP contribution is -2.41. The molecule has 0 atom stereocenters. The van der Waals surface area contributed by atoms with E-state index >= 15 is 0 Å². The molecule has 2 aromatic rings. The van der Waals surface area contributed by atoms with Gasteiger partial charge in [-0.25, -0.2) is 4.79 Å². The van der Waals surface area contributed by atoms with Gasteiger partial charge in [-0.05, 0) is 44.6 Å². The second-order valence-corrected chi connectivity index (χ2v) is 7.47. The molecule has 1 aliphatic carbocycles. The largest absolute Gasteiger partial charge is 0.469 e. The molecule has 1 aliphatic heterocycles. The second-order valence-electron chi connectivity index (χ2n) is 7.47. The van der Waals surface area contributed by atoms with Crippen LogP contribution in [0.2, 0.25) is 0 Å². The molecule has 7 heteroatoms. The van der Waals surface area contributed by atoms with E-state index in [4.69, 9.17) is 8.83 Å². The highest BCUT2D eigenvalue weighted by molar-refractivity contribution is 5.76. The number of aromatic nitrogens is 2. The molecule has 0 unspecified atom stereocenters. The van der Waals surface area contributed by atoms with Gasteiger partial charge in [-0.15, -0.1) is 5.10 Å². The Labute approximate surface area is 152 Å². The fourth-order valence-corrected chi connectivity index (χ4v) is 4.19. The zero-order valence-corrected chi connectivity index (χ0v) is 15.1. The molecule has 1 amide bonds. The first-order valence-electron chi connectivity index (χ1n) is 9.53. The van der Waals surface area contributed by atoms with Crippen molar-refractivity contribution in [1.29, 1.82) is 0 Å². The third kappa shape index (κ3) is 3.34. The molecule has 140 valence electrons. The molecule has 3 heterocycles. The minimum Gasteiger partial charge on any atom is -0.469 e. The van der Waals surface area contributed by atoms with Crippen molar-refractivity contribution in [2.24, 2.45) is 5.92 Å². The number of carbonyl (C=O) groups excluding carboxylic acids is 1. The van der Waals surface area contributed by atoms with Crippen molar-refractivity contribution in [3.05, 3.63) is 28.6 Å². The number of amides is 1. The summed E-state index contributed by atoms with van der Waals surface area (Å²) in [4.78, 5) is 26.6. The Morgan fingerprint density at radius 2 is 1.96 bits per heavy atom. The van der Waals surface area contributed by atoms with E-state index in [-0.39, 0.29) is 11.9 Å². The Kier molecular flexibility index (Phi) is 4.70. The Morgan fingerprint density at radius 1 is 1.23 bits per heavy atom. The number of carbonyl (C=O) groups is 1. The summed E-state index contributed by atoms with van der Waals surface area (Å²) >= 11 is 0. The molecule has 26 heavy (non-hydrogen) atoms. The van der Waals surface area contributed by atoms with Crippen molar-refractivity contribution in [1.82, 2.24) is 14.7 Å². The molecule has 4 rings (SSSR count). The summed E-state index contributed by atoms with van der Waals surface area (Å²) in [6, 6.07) is 1.72. The molecule has 2 fully saturated rings. The summed E-state index contributed by atoms with van der Waals surface area (Å²) in [6.07, 6.45) is 8.58. The van der Waals surface area contributed by atoms with E-state index in [0.717, 1.165) is 12.8 Å². The van der Waals surface area contributed by atoms with Crippen LogP contribution in [0.3, 0.4) is 0 Å². The van der Waals surface area contributed by atoms with Gasteiger partial charge in [-0.2, -0.15) is 4.68 Å². The Bertz CT molecular complexity index is 820. The maximum Gasteiger partial charge on any atom is 0.437 e. The third-order valence-corrected chi connectivity index (χ3v) is 5.76. The van der Waals surface area contributed by atoms with Gasteiger partial charge in [0.15, 0.2) is 0 Å². The minimum atomic E-state index is -0.448. The molecule has 0 radical (unpaired) electrons. The maximum atomic E-state index is 12.5. The van der Waals surface area contributed by atoms with Gasteiger partial charge >= 0.3 is 5.76 Å². The van der Waals surface area contributed by atoms with E-state index in [1.54, 1.807) is 12.3 Å². The molecule has 1 saturated heterocycles. The van der Waals surface area contributed by atoms with E-state index < -0.39 is 5.76 Å². The summed E-state index contributed by atoms with van der Waals surface area (Å²) in [6.45, 7) is 3.16. The van der Waals surface area contributed by atoms with Gasteiger partial charge in [0.25, 0.3) is 5.89 Å². The molecule has 1 saturated carbocycles. The SMILES string of the molecule is Cc1occc1-c1nn(C2CCN(C(=O)CC3CCCC3)CC2)c(=O)o1. The van der Waals surface area contributed by atoms with Crippen molar-refractivity contribution in [2.75, 3.05) is 13.1 Å². The van der Waals surface area contributed by atoms with Gasteiger partial charge < -0.3 is 13.7 Å². The third-order valence-electron chi connectivity index (χ3n) is 5.76. The normalized spacial score (nSPS) is 19.3. The van der Waals surface area contributed by atoms with Crippen molar-refractivity contribution in [3.8, 4) is 11.5 Å². The van der Waals surface area contributed by atoms with Gasteiger partial charge in [0.1, 0.15) is 5.76 Å². The van der Waals surface area contributed by atoms with Gasteiger partial charge in [-0.1, -0.05) is 12.8 Å². The van der Waals surface area contributed by atoms with Crippen LogP contribution in [0, 0.1) is 12.8 Å². The smallest absolute Gasteiger partial charge is 0.437 e. The maximum absolute atomic E-state index is 12.5. The van der Waals surface area contributed by atoms with Crippen molar-refractivity contribution in [2.45, 2.75) is 57.9 Å². The van der Waals surface area contributed by atoms with Crippen LogP contribution in [-0.4, -0.2) is 33.7 Å². The van der Waals surface area contributed by atoms with Crippen molar-refractivity contribution < 1.29 is 13.6 Å². The molecule has 0 spiro atoms. The first-order valence-corrected chi connectivity index (χ1v) is 9.53. The quantitative estimate of drug-likeness (QED) is 0.837. The Hall–Kier alpha value is -2.31. The number of hydrogen-bond donors (Lipinski definition) is 0. The van der Waals surface area contributed by atoms with Crippen LogP contribution in [0.15, 0.2) is 26.0 Å². The van der Waals surface area contributed by atoms with Gasteiger partial charge in [-0.3, -0.25) is 4.79 Å². The summed E-state index contributed by atoms with van der Waals surface area (Å²) in [5, 5.41) is 4.36. The lowest BCUT2D eigenvalue weighted by Gasteiger charge is -2.32. The van der Waals surface area contributed by atoms with E-state index in [2.05, 4.69) is 5.10 Å². The summed E-state index contributed by atoms with van der Waals surface area (Å²) in [7, 11) is 0. The molecule has 7 nitrogen and oxygen atoms in total. The van der Waals surface area contributed by atoms with Gasteiger partial charge in [0, 0.05) is 19.5 Å². The number of aryl methyl sites for hydroxylation is 1. The number of rotatable bonds is 4. The van der Waals surface area contributed by atoms with Crippen molar-refractivity contribution in [3.63, 3.8) is 0 Å². The second kappa shape index (κ2) is 7.13. The first-order chi connectivity index (χ1) is 12.6. The number of piperidine rings is 1. The van der Waals surface area contributed by atoms with Crippen molar-refractivity contribution >= 4 is 5.91 Å². The predicted octanol–water partition coefficient (Wildman–Crippen LogP) is 3.15. The monoisotopic (exact) mass is 359 g/mol. The van der Waals surface area contributed by atoms with Crippen LogP contribution in [0.25, 0.3) is 11.5 Å². The fourth-order valence-electron chi connectivity index (χ4n) is 4.19. The molecule has 2 aliphatic rings. The van der Waals surface area contributed by atoms with Crippen LogP contribution in [-0.2, 0) is 4.79 Å². The zero-order chi connectivity index (χ0) is 18.1. The molecule has 0 aromatic carbocycles. The number of furan rings is 1. The highest BCUT2D eigenvalue weighted by Gasteiger charge is 2.29. The van der Waals surface area contributed by atoms with Crippen LogP contribution >= 0.6 is 0 Å². The highest BCUT2D eigenvalue weighted by Crippen LogP contribution is 2.29. The summed E-state index contributed by atoms with van der Waals surface area (Å²) < 4.78 is 12.0. The standard InChI is InChI=1S/C19H25N3O4/c1-13-16(8-11-25-13)18-20-22(19(24)26-18)15-6-9-21(10-7-15)17(23)12-14-4-2-3-5-14/h8,11,14-15H,2-7,9-10,12H2,1H3. The number of likely N-dealkylation sites (tertiary alicyclic amines) is 1. The lowest BCUT2D eigenvalue weighted by molar-refractivity contribution is -0.133. The molecule has 2 aromatic heterocycles. The molecular weight excluding hydrogens is 334 g/mol. The Balaban J connectivity index is 1.39. The summed E-state index contributed by atoms with van der Waals surface area (Å²) in [5.74, 6) is 1.35. The van der Waals surface area contributed by atoms with Crippen LogP contribution < -0.4 is 5.76 Å². The minimum absolute atomic E-state index is 0.0252. The average Bonchev–Trinajstić information content (AvgIpc) is 3.37. The highest BCUT2D eigenvalue weighted by atomic mass is 16.4. The molecule has 0 N–H and O–H groups in total. The van der Waals surface area contributed by atoms with E-state index in [1.165, 1.54) is 30.4 Å². The zero-order valence-electron chi connectivity index (χ0n) is 15.1. The van der Waals surface area contributed by atoms with Crippen LogP contribution in [0.1, 0.15) is 56.7 Å². The topological polar surface area (TPSA) is 81.5 Å². The van der Waals surface area contributed by atoms with E-state index in [9.17, 15) is 9.59 Å². The fraction of sp³-hybridized carbons (Fsp3) is 0.632. The molecule has 0 bridgehead atoms. The van der Waals surface area contributed by atoms with Crippen LogP contribution in [0.5, 0.6) is 0 Å². The molecular formula is C19H25N3O4.